The van der Waals surface area contributed by atoms with Crippen molar-refractivity contribution in [3.05, 3.63) is 42.0 Å². The van der Waals surface area contributed by atoms with Gasteiger partial charge in [0.1, 0.15) is 0 Å². The van der Waals surface area contributed by atoms with E-state index in [1.165, 1.54) is 0 Å². The van der Waals surface area contributed by atoms with E-state index in [2.05, 4.69) is 36.2 Å². The van der Waals surface area contributed by atoms with Gasteiger partial charge in [-0.15, -0.1) is 12.4 Å². The second kappa shape index (κ2) is 7.09. The van der Waals surface area contributed by atoms with Gasteiger partial charge >= 0.3 is 0 Å². The summed E-state index contributed by atoms with van der Waals surface area (Å²) >= 11 is 0. The van der Waals surface area contributed by atoms with Crippen LogP contribution in [0, 0.1) is 6.92 Å². The summed E-state index contributed by atoms with van der Waals surface area (Å²) in [6.07, 6.45) is 0. The van der Waals surface area contributed by atoms with E-state index in [-0.39, 0.29) is 18.3 Å². The van der Waals surface area contributed by atoms with Gasteiger partial charge in [0.05, 0.1) is 18.9 Å². The second-order valence-electron chi connectivity index (χ2n) is 5.35. The van der Waals surface area contributed by atoms with Crippen LogP contribution in [0.5, 0.6) is 0 Å². The van der Waals surface area contributed by atoms with Gasteiger partial charge < -0.3 is 4.74 Å². The summed E-state index contributed by atoms with van der Waals surface area (Å²) in [6.45, 7) is 6.47. The number of anilines is 1. The number of hydrogen-bond donors (Lipinski definition) is 0. The molecule has 0 spiro atoms. The van der Waals surface area contributed by atoms with Crippen LogP contribution in [0.1, 0.15) is 12.5 Å². The zero-order valence-electron chi connectivity index (χ0n) is 12.9. The highest BCUT2D eigenvalue weighted by molar-refractivity contribution is 6.03. The number of carbonyl (C=O) groups excluding carboxylic acids is 1. The molecule has 1 saturated heterocycles. The minimum absolute atomic E-state index is 0. The van der Waals surface area contributed by atoms with Crippen LogP contribution in [0.2, 0.25) is 0 Å². The number of benzene rings is 2. The largest absolute Gasteiger partial charge is 0.379 e. The molecular formula is C17H21ClN2O2. The van der Waals surface area contributed by atoms with Crippen molar-refractivity contribution in [2.24, 2.45) is 0 Å². The first kappa shape index (κ1) is 16.7. The molecule has 118 valence electrons. The van der Waals surface area contributed by atoms with Gasteiger partial charge in [0.2, 0.25) is 5.91 Å². The van der Waals surface area contributed by atoms with Crippen molar-refractivity contribution in [2.45, 2.75) is 13.8 Å². The zero-order valence-corrected chi connectivity index (χ0v) is 13.7. The predicted octanol–water partition coefficient (Wildman–Crippen LogP) is 3.17. The fourth-order valence-corrected chi connectivity index (χ4v) is 2.90. The molecule has 1 amide bonds. The maximum absolute atomic E-state index is 12.3. The van der Waals surface area contributed by atoms with E-state index in [9.17, 15) is 4.79 Å². The number of fused-ring (bicyclic) bond motifs is 1. The van der Waals surface area contributed by atoms with E-state index in [4.69, 9.17) is 4.74 Å². The van der Waals surface area contributed by atoms with Gasteiger partial charge in [0.15, 0.2) is 0 Å². The molecule has 0 atom stereocenters. The lowest BCUT2D eigenvalue weighted by Gasteiger charge is -2.37. The van der Waals surface area contributed by atoms with E-state index >= 15 is 0 Å². The predicted molar refractivity (Wildman–Crippen MR) is 91.5 cm³/mol. The molecule has 4 nitrogen and oxygen atoms in total. The molecule has 0 bridgehead atoms. The molecule has 2 aromatic carbocycles. The van der Waals surface area contributed by atoms with E-state index in [0.29, 0.717) is 13.2 Å². The Labute approximate surface area is 137 Å². The van der Waals surface area contributed by atoms with Gasteiger partial charge in [-0.1, -0.05) is 36.4 Å². The Kier molecular flexibility index (Phi) is 5.40. The molecule has 1 aliphatic rings. The minimum atomic E-state index is 0. The highest BCUT2D eigenvalue weighted by Crippen LogP contribution is 2.32. The lowest BCUT2D eigenvalue weighted by molar-refractivity contribution is -0.120. The smallest absolute Gasteiger partial charge is 0.238 e. The van der Waals surface area contributed by atoms with E-state index in [1.807, 2.05) is 17.1 Å². The Bertz CT molecular complexity index is 669. The van der Waals surface area contributed by atoms with Gasteiger partial charge in [-0.05, 0) is 17.9 Å². The average molecular weight is 321 g/mol. The third-order valence-corrected chi connectivity index (χ3v) is 3.88. The lowest BCUT2D eigenvalue weighted by atomic mass is 10.0. The number of nitrogens with zero attached hydrogens (tertiary/aromatic N) is 2. The number of carbonyl (C=O) groups is 1. The Morgan fingerprint density at radius 1 is 1.14 bits per heavy atom. The SMILES string of the molecule is CC(=O)N(c1c(C)ccc2ccccc12)N1CCOCC1.Cl. The third kappa shape index (κ3) is 3.09. The van der Waals surface area contributed by atoms with Crippen molar-refractivity contribution in [1.82, 2.24) is 5.01 Å². The Morgan fingerprint density at radius 3 is 2.50 bits per heavy atom. The number of morpholine rings is 1. The first-order chi connectivity index (χ1) is 10.2. The normalized spacial score (nSPS) is 15.4. The minimum Gasteiger partial charge on any atom is -0.379 e. The molecule has 2 aromatic rings. The van der Waals surface area contributed by atoms with Crippen LogP contribution in [0.4, 0.5) is 5.69 Å². The van der Waals surface area contributed by atoms with Crippen LogP contribution in [0.15, 0.2) is 36.4 Å². The van der Waals surface area contributed by atoms with Crippen LogP contribution >= 0.6 is 12.4 Å². The van der Waals surface area contributed by atoms with Gasteiger partial charge in [-0.3, -0.25) is 4.79 Å². The fraction of sp³-hybridized carbons (Fsp3) is 0.353. The van der Waals surface area contributed by atoms with Crippen LogP contribution in [0.25, 0.3) is 10.8 Å². The average Bonchev–Trinajstić information content (AvgIpc) is 2.51. The van der Waals surface area contributed by atoms with Crippen molar-refractivity contribution in [2.75, 3.05) is 31.3 Å². The molecule has 3 rings (SSSR count). The molecule has 22 heavy (non-hydrogen) atoms. The number of hydrogen-bond acceptors (Lipinski definition) is 3. The number of ether oxygens (including phenoxy) is 1. The number of hydrazine groups is 1. The van der Waals surface area contributed by atoms with Gasteiger partial charge in [-0.25, -0.2) is 10.0 Å². The van der Waals surface area contributed by atoms with Crippen LogP contribution in [-0.4, -0.2) is 37.2 Å². The zero-order chi connectivity index (χ0) is 14.8. The van der Waals surface area contributed by atoms with Gasteiger partial charge in [0.25, 0.3) is 0 Å². The first-order valence-electron chi connectivity index (χ1n) is 7.30. The molecule has 1 heterocycles. The van der Waals surface area contributed by atoms with Crippen molar-refractivity contribution in [1.29, 1.82) is 0 Å². The van der Waals surface area contributed by atoms with E-state index < -0.39 is 0 Å². The van der Waals surface area contributed by atoms with Crippen molar-refractivity contribution >= 4 is 34.8 Å². The number of amides is 1. The molecular weight excluding hydrogens is 300 g/mol. The first-order valence-corrected chi connectivity index (χ1v) is 7.30. The quantitative estimate of drug-likeness (QED) is 0.852. The standard InChI is InChI=1S/C17H20N2O2.ClH/c1-13-7-8-15-5-3-4-6-16(15)17(13)19(14(2)20)18-9-11-21-12-10-18;/h3-8H,9-12H2,1-2H3;1H. The molecule has 0 radical (unpaired) electrons. The van der Waals surface area contributed by atoms with Crippen LogP contribution in [-0.2, 0) is 9.53 Å². The third-order valence-electron chi connectivity index (χ3n) is 3.88. The maximum atomic E-state index is 12.3. The Morgan fingerprint density at radius 2 is 1.82 bits per heavy atom. The van der Waals surface area contributed by atoms with Crippen LogP contribution in [0.3, 0.4) is 0 Å². The lowest BCUT2D eigenvalue weighted by Crippen LogP contribution is -2.51. The number of aryl methyl sites for hydroxylation is 1. The monoisotopic (exact) mass is 320 g/mol. The number of rotatable bonds is 2. The Balaban J connectivity index is 0.00000176. The van der Waals surface area contributed by atoms with E-state index in [1.54, 1.807) is 6.92 Å². The van der Waals surface area contributed by atoms with Gasteiger partial charge in [0, 0.05) is 25.4 Å². The van der Waals surface area contributed by atoms with Gasteiger partial charge in [-0.2, -0.15) is 0 Å². The van der Waals surface area contributed by atoms with Crippen molar-refractivity contribution < 1.29 is 9.53 Å². The van der Waals surface area contributed by atoms with Crippen molar-refractivity contribution in [3.8, 4) is 0 Å². The molecule has 0 N–H and O–H groups in total. The fourth-order valence-electron chi connectivity index (χ4n) is 2.90. The Hall–Kier alpha value is -1.62. The molecule has 0 saturated carbocycles. The highest BCUT2D eigenvalue weighted by atomic mass is 35.5. The van der Waals surface area contributed by atoms with Crippen LogP contribution < -0.4 is 5.01 Å². The molecule has 5 heteroatoms. The summed E-state index contributed by atoms with van der Waals surface area (Å²) in [5.41, 5.74) is 2.10. The summed E-state index contributed by atoms with van der Waals surface area (Å²) in [5.74, 6) is 0.0383. The maximum Gasteiger partial charge on any atom is 0.238 e. The van der Waals surface area contributed by atoms with E-state index in [0.717, 1.165) is 35.1 Å². The molecule has 1 fully saturated rings. The molecule has 0 aliphatic carbocycles. The molecule has 1 aliphatic heterocycles. The molecule has 0 unspecified atom stereocenters. The number of halogens is 1. The summed E-state index contributed by atoms with van der Waals surface area (Å²) in [6, 6.07) is 12.4. The summed E-state index contributed by atoms with van der Waals surface area (Å²) in [5, 5.41) is 6.16. The topological polar surface area (TPSA) is 32.8 Å². The van der Waals surface area contributed by atoms with Crippen molar-refractivity contribution in [3.63, 3.8) is 0 Å². The summed E-state index contributed by atoms with van der Waals surface area (Å²) in [4.78, 5) is 12.3. The summed E-state index contributed by atoms with van der Waals surface area (Å²) < 4.78 is 5.40. The molecule has 0 aromatic heterocycles. The summed E-state index contributed by atoms with van der Waals surface area (Å²) in [7, 11) is 0. The highest BCUT2D eigenvalue weighted by Gasteiger charge is 2.25. The second-order valence-corrected chi connectivity index (χ2v) is 5.35.